The van der Waals surface area contributed by atoms with Gasteiger partial charge in [0.1, 0.15) is 17.9 Å². The molecule has 4 aromatic rings. The van der Waals surface area contributed by atoms with Gasteiger partial charge in [0.15, 0.2) is 11.5 Å². The highest BCUT2D eigenvalue weighted by atomic mass is 16.5. The number of nitrogens with two attached hydrogens (primary N) is 1. The Balaban J connectivity index is 1.64. The normalized spacial score (nSPS) is 10.9. The van der Waals surface area contributed by atoms with Gasteiger partial charge in [-0.2, -0.15) is 0 Å². The Hall–Kier alpha value is -4.08. The van der Waals surface area contributed by atoms with Crippen molar-refractivity contribution in [2.45, 2.75) is 19.4 Å². The number of nitrogens with zero attached hydrogens (tertiary/aromatic N) is 2. The van der Waals surface area contributed by atoms with Gasteiger partial charge in [0.2, 0.25) is 0 Å². The van der Waals surface area contributed by atoms with Gasteiger partial charge in [-0.05, 0) is 56.3 Å². The fourth-order valence-electron chi connectivity index (χ4n) is 3.05. The third-order valence-electron chi connectivity index (χ3n) is 4.56. The molecule has 0 bridgehead atoms. The van der Waals surface area contributed by atoms with Crippen LogP contribution in [0.3, 0.4) is 0 Å². The van der Waals surface area contributed by atoms with Gasteiger partial charge < -0.3 is 20.5 Å². The number of methoxy groups -OCH3 is 1. The highest BCUT2D eigenvalue weighted by molar-refractivity contribution is 5.91. The third kappa shape index (κ3) is 5.15. The first-order valence-corrected chi connectivity index (χ1v) is 10.2. The van der Waals surface area contributed by atoms with E-state index in [0.29, 0.717) is 17.3 Å². The van der Waals surface area contributed by atoms with Crippen LogP contribution in [0.4, 0.5) is 11.5 Å². The molecule has 0 radical (unpaired) electrons. The number of aromatic nitrogens is 2. The van der Waals surface area contributed by atoms with Crippen molar-refractivity contribution >= 4 is 22.4 Å². The van der Waals surface area contributed by atoms with E-state index in [1.54, 1.807) is 7.11 Å². The van der Waals surface area contributed by atoms with Crippen molar-refractivity contribution in [1.82, 2.24) is 9.97 Å². The molecule has 0 atom stereocenters. The van der Waals surface area contributed by atoms with Gasteiger partial charge >= 0.3 is 0 Å². The number of hydrogen-bond donors (Lipinski definition) is 2. The number of para-hydroxylation sites is 1. The number of fused-ring (bicyclic) bond motifs is 1. The number of benzene rings is 3. The molecule has 160 valence electrons. The molecule has 0 aliphatic carbocycles. The second-order valence-corrected chi connectivity index (χ2v) is 7.83. The van der Waals surface area contributed by atoms with Gasteiger partial charge in [-0.1, -0.05) is 30.0 Å². The predicted octanol–water partition coefficient (Wildman–Crippen LogP) is 5.26. The van der Waals surface area contributed by atoms with Crippen molar-refractivity contribution in [3.05, 3.63) is 78.6 Å². The maximum absolute atomic E-state index is 5.98. The van der Waals surface area contributed by atoms with Crippen LogP contribution in [0.2, 0.25) is 0 Å². The number of rotatable bonds is 5. The summed E-state index contributed by atoms with van der Waals surface area (Å²) in [6.45, 7) is 3.74. The summed E-state index contributed by atoms with van der Waals surface area (Å²) in [6, 6.07) is 21.0. The fraction of sp³-hybridized carbons (Fsp3) is 0.154. The van der Waals surface area contributed by atoms with Crippen LogP contribution in [0.25, 0.3) is 10.9 Å². The summed E-state index contributed by atoms with van der Waals surface area (Å²) < 4.78 is 11.5. The summed E-state index contributed by atoms with van der Waals surface area (Å²) in [6.07, 6.45) is 1.53. The minimum absolute atomic E-state index is 0.566. The molecule has 0 aliphatic rings. The monoisotopic (exact) mass is 424 g/mol. The van der Waals surface area contributed by atoms with Gasteiger partial charge in [0, 0.05) is 22.7 Å². The largest absolute Gasteiger partial charge is 0.493 e. The first kappa shape index (κ1) is 21.2. The average Bonchev–Trinajstić information content (AvgIpc) is 2.79. The standard InChI is InChI=1S/C26H24N4O2/c1-26(2,27)14-13-18-9-11-22-21(15-18)25(29-17-28-22)30-19-10-12-23(24(16-19)31-3)32-20-7-5-4-6-8-20/h4-12,15-17H,27H2,1-3H3,(H,28,29,30). The topological polar surface area (TPSA) is 82.3 Å². The van der Waals surface area contributed by atoms with Gasteiger partial charge in [-0.15, -0.1) is 0 Å². The van der Waals surface area contributed by atoms with E-state index < -0.39 is 5.54 Å². The third-order valence-corrected chi connectivity index (χ3v) is 4.56. The average molecular weight is 425 g/mol. The van der Waals surface area contributed by atoms with E-state index in [9.17, 15) is 0 Å². The maximum atomic E-state index is 5.98. The van der Waals surface area contributed by atoms with E-state index in [4.69, 9.17) is 15.2 Å². The maximum Gasteiger partial charge on any atom is 0.169 e. The Bertz CT molecular complexity index is 1300. The van der Waals surface area contributed by atoms with Crippen LogP contribution in [0.15, 0.2) is 73.1 Å². The first-order chi connectivity index (χ1) is 15.4. The molecule has 3 aromatic carbocycles. The quantitative estimate of drug-likeness (QED) is 0.425. The van der Waals surface area contributed by atoms with Gasteiger partial charge in [0.05, 0.1) is 18.2 Å². The van der Waals surface area contributed by atoms with E-state index in [0.717, 1.165) is 27.9 Å². The van der Waals surface area contributed by atoms with Crippen LogP contribution in [0.1, 0.15) is 19.4 Å². The van der Waals surface area contributed by atoms with Crippen molar-refractivity contribution in [3.8, 4) is 29.1 Å². The Morgan fingerprint density at radius 2 is 1.75 bits per heavy atom. The highest BCUT2D eigenvalue weighted by Gasteiger charge is 2.10. The van der Waals surface area contributed by atoms with E-state index >= 15 is 0 Å². The number of nitrogens with one attached hydrogen (secondary N) is 1. The lowest BCUT2D eigenvalue weighted by Gasteiger charge is -2.13. The highest BCUT2D eigenvalue weighted by Crippen LogP contribution is 2.35. The molecule has 6 nitrogen and oxygen atoms in total. The predicted molar refractivity (Wildman–Crippen MR) is 127 cm³/mol. The molecule has 1 heterocycles. The summed E-state index contributed by atoms with van der Waals surface area (Å²) in [7, 11) is 1.61. The van der Waals surface area contributed by atoms with Crippen molar-refractivity contribution < 1.29 is 9.47 Å². The minimum Gasteiger partial charge on any atom is -0.493 e. The Labute approximate surface area is 187 Å². The molecule has 0 saturated heterocycles. The van der Waals surface area contributed by atoms with Gasteiger partial charge in [-0.3, -0.25) is 0 Å². The molecule has 0 saturated carbocycles. The van der Waals surface area contributed by atoms with Crippen LogP contribution in [0, 0.1) is 11.8 Å². The SMILES string of the molecule is COc1cc(Nc2ncnc3ccc(C#CC(C)(C)N)cc23)ccc1Oc1ccccc1. The zero-order valence-electron chi connectivity index (χ0n) is 18.2. The van der Waals surface area contributed by atoms with Crippen molar-refractivity contribution in [3.63, 3.8) is 0 Å². The molecule has 0 unspecified atom stereocenters. The van der Waals surface area contributed by atoms with E-state index in [1.165, 1.54) is 6.33 Å². The van der Waals surface area contributed by atoms with Crippen LogP contribution in [0.5, 0.6) is 17.2 Å². The molecule has 0 amide bonds. The molecule has 32 heavy (non-hydrogen) atoms. The summed E-state index contributed by atoms with van der Waals surface area (Å²) in [5, 5.41) is 4.21. The lowest BCUT2D eigenvalue weighted by Crippen LogP contribution is -2.29. The Kier molecular flexibility index (Phi) is 5.93. The first-order valence-electron chi connectivity index (χ1n) is 10.2. The summed E-state index contributed by atoms with van der Waals surface area (Å²) in [4.78, 5) is 8.79. The number of hydrogen-bond acceptors (Lipinski definition) is 6. The summed E-state index contributed by atoms with van der Waals surface area (Å²) in [5.41, 5.74) is 7.89. The second-order valence-electron chi connectivity index (χ2n) is 7.83. The zero-order chi connectivity index (χ0) is 22.6. The minimum atomic E-state index is -0.566. The Morgan fingerprint density at radius 1 is 0.938 bits per heavy atom. The molecule has 0 fully saturated rings. The summed E-state index contributed by atoms with van der Waals surface area (Å²) in [5.74, 6) is 8.81. The zero-order valence-corrected chi connectivity index (χ0v) is 18.2. The van der Waals surface area contributed by atoms with Crippen LogP contribution >= 0.6 is 0 Å². The molecule has 3 N–H and O–H groups in total. The van der Waals surface area contributed by atoms with E-state index in [1.807, 2.05) is 80.6 Å². The van der Waals surface area contributed by atoms with Crippen molar-refractivity contribution in [2.75, 3.05) is 12.4 Å². The molecule has 0 spiro atoms. The number of ether oxygens (including phenoxy) is 2. The Morgan fingerprint density at radius 3 is 2.50 bits per heavy atom. The van der Waals surface area contributed by atoms with Crippen LogP contribution < -0.4 is 20.5 Å². The van der Waals surface area contributed by atoms with Gasteiger partial charge in [-0.25, -0.2) is 9.97 Å². The lowest BCUT2D eigenvalue weighted by atomic mass is 10.1. The second kappa shape index (κ2) is 8.96. The van der Waals surface area contributed by atoms with Crippen molar-refractivity contribution in [1.29, 1.82) is 0 Å². The van der Waals surface area contributed by atoms with Crippen molar-refractivity contribution in [2.24, 2.45) is 5.73 Å². The molecular weight excluding hydrogens is 400 g/mol. The molecule has 0 aliphatic heterocycles. The van der Waals surface area contributed by atoms with E-state index in [2.05, 4.69) is 27.1 Å². The van der Waals surface area contributed by atoms with Crippen LogP contribution in [-0.2, 0) is 0 Å². The fourth-order valence-corrected chi connectivity index (χ4v) is 3.05. The van der Waals surface area contributed by atoms with E-state index in [-0.39, 0.29) is 0 Å². The smallest absolute Gasteiger partial charge is 0.169 e. The van der Waals surface area contributed by atoms with Crippen LogP contribution in [-0.4, -0.2) is 22.6 Å². The molecule has 1 aromatic heterocycles. The molecule has 4 rings (SSSR count). The van der Waals surface area contributed by atoms with Gasteiger partial charge in [0.25, 0.3) is 0 Å². The summed E-state index contributed by atoms with van der Waals surface area (Å²) >= 11 is 0. The molecule has 6 heteroatoms. The number of anilines is 2. The lowest BCUT2D eigenvalue weighted by molar-refractivity contribution is 0.379. The molecular formula is C26H24N4O2.